The number of aryl methyl sites for hydroxylation is 3. The van der Waals surface area contributed by atoms with Crippen molar-refractivity contribution in [2.24, 2.45) is 0 Å². The first-order valence-electron chi connectivity index (χ1n) is 5.81. The Balaban J connectivity index is 2.49. The lowest BCUT2D eigenvalue weighted by Crippen LogP contribution is -2.01. The fourth-order valence-corrected chi connectivity index (χ4v) is 2.10. The summed E-state index contributed by atoms with van der Waals surface area (Å²) in [5.41, 5.74) is 1.85. The van der Waals surface area contributed by atoms with Crippen LogP contribution < -0.4 is 4.74 Å². The summed E-state index contributed by atoms with van der Waals surface area (Å²) in [7, 11) is 0. The summed E-state index contributed by atoms with van der Waals surface area (Å²) < 4.78 is 5.52. The van der Waals surface area contributed by atoms with Gasteiger partial charge in [-0.25, -0.2) is 4.98 Å². The molecule has 7 heteroatoms. The molecule has 6 nitrogen and oxygen atoms in total. The topological polar surface area (TPSA) is 78.2 Å². The number of rotatable bonds is 3. The highest BCUT2D eigenvalue weighted by atomic mass is 35.5. The van der Waals surface area contributed by atoms with Gasteiger partial charge in [0.15, 0.2) is 0 Å². The number of aromatic nitrogens is 2. The van der Waals surface area contributed by atoms with E-state index in [9.17, 15) is 10.1 Å². The molecule has 0 unspecified atom stereocenters. The molecular formula is C13H12ClN3O3. The number of nitrogens with zero attached hydrogens (tertiary/aromatic N) is 3. The van der Waals surface area contributed by atoms with Crippen molar-refractivity contribution in [1.82, 2.24) is 9.97 Å². The minimum Gasteiger partial charge on any atom is -0.434 e. The molecule has 0 saturated carbocycles. The average molecular weight is 294 g/mol. The van der Waals surface area contributed by atoms with Crippen LogP contribution in [-0.4, -0.2) is 14.9 Å². The minimum absolute atomic E-state index is 0.0903. The first-order valence-corrected chi connectivity index (χ1v) is 6.19. The molecule has 0 aliphatic carbocycles. The molecule has 2 aromatic rings. The number of benzene rings is 1. The molecule has 0 spiro atoms. The zero-order chi connectivity index (χ0) is 14.9. The number of ether oxygens (including phenoxy) is 1. The third-order valence-electron chi connectivity index (χ3n) is 2.59. The fourth-order valence-electron chi connectivity index (χ4n) is 1.89. The van der Waals surface area contributed by atoms with Crippen molar-refractivity contribution >= 4 is 17.3 Å². The third-order valence-corrected chi connectivity index (χ3v) is 2.76. The maximum absolute atomic E-state index is 11.1. The Morgan fingerprint density at radius 2 is 1.75 bits per heavy atom. The number of hydrogen-bond donors (Lipinski definition) is 0. The molecule has 0 saturated heterocycles. The van der Waals surface area contributed by atoms with Crippen LogP contribution in [-0.2, 0) is 0 Å². The monoisotopic (exact) mass is 293 g/mol. The molecule has 1 aromatic carbocycles. The molecule has 104 valence electrons. The van der Waals surface area contributed by atoms with E-state index >= 15 is 0 Å². The summed E-state index contributed by atoms with van der Waals surface area (Å²) >= 11 is 5.73. The number of hydrogen-bond acceptors (Lipinski definition) is 5. The molecular weight excluding hydrogens is 282 g/mol. The van der Waals surface area contributed by atoms with Crippen LogP contribution in [0.3, 0.4) is 0 Å². The summed E-state index contributed by atoms with van der Waals surface area (Å²) in [5, 5.41) is 11.0. The van der Waals surface area contributed by atoms with Crippen molar-refractivity contribution < 1.29 is 9.66 Å². The van der Waals surface area contributed by atoms with E-state index in [4.69, 9.17) is 16.3 Å². The van der Waals surface area contributed by atoms with Gasteiger partial charge in [0.1, 0.15) is 11.4 Å². The summed E-state index contributed by atoms with van der Waals surface area (Å²) in [6.07, 6.45) is 0. The van der Waals surface area contributed by atoms with Gasteiger partial charge in [-0.05, 0) is 55.6 Å². The van der Waals surface area contributed by atoms with Gasteiger partial charge in [-0.3, -0.25) is 10.1 Å². The quantitative estimate of drug-likeness (QED) is 0.489. The van der Waals surface area contributed by atoms with Gasteiger partial charge in [-0.1, -0.05) is 6.07 Å². The lowest BCUT2D eigenvalue weighted by atomic mass is 10.1. The van der Waals surface area contributed by atoms with Gasteiger partial charge in [-0.15, -0.1) is 0 Å². The second-order valence-electron chi connectivity index (χ2n) is 4.41. The maximum atomic E-state index is 11.1. The van der Waals surface area contributed by atoms with E-state index in [0.29, 0.717) is 5.75 Å². The first kappa shape index (κ1) is 14.2. The molecule has 2 rings (SSSR count). The molecule has 1 aromatic heterocycles. The van der Waals surface area contributed by atoms with Crippen LogP contribution in [0.25, 0.3) is 0 Å². The predicted octanol–water partition coefficient (Wildman–Crippen LogP) is 3.76. The van der Waals surface area contributed by atoms with E-state index in [1.54, 1.807) is 12.1 Å². The Morgan fingerprint density at radius 1 is 1.15 bits per heavy atom. The van der Waals surface area contributed by atoms with E-state index in [1.165, 1.54) is 6.92 Å². The Labute approximate surface area is 120 Å². The predicted molar refractivity (Wildman–Crippen MR) is 74.4 cm³/mol. The van der Waals surface area contributed by atoms with Gasteiger partial charge in [0.25, 0.3) is 0 Å². The van der Waals surface area contributed by atoms with Crippen molar-refractivity contribution in [2.75, 3.05) is 0 Å². The molecule has 0 radical (unpaired) electrons. The van der Waals surface area contributed by atoms with Crippen molar-refractivity contribution in [1.29, 1.82) is 0 Å². The van der Waals surface area contributed by atoms with Crippen molar-refractivity contribution in [3.05, 3.63) is 50.4 Å². The Morgan fingerprint density at radius 3 is 2.30 bits per heavy atom. The normalized spacial score (nSPS) is 10.4. The molecule has 0 aliphatic rings. The summed E-state index contributed by atoms with van der Waals surface area (Å²) in [6, 6.07) is 5.50. The van der Waals surface area contributed by atoms with Gasteiger partial charge >= 0.3 is 11.6 Å². The average Bonchev–Trinajstić information content (AvgIpc) is 2.25. The first-order chi connectivity index (χ1) is 9.36. The van der Waals surface area contributed by atoms with Crippen molar-refractivity contribution in [3.63, 3.8) is 0 Å². The molecule has 0 atom stereocenters. The highest BCUT2D eigenvalue weighted by Gasteiger charge is 2.23. The summed E-state index contributed by atoms with van der Waals surface area (Å²) in [4.78, 5) is 18.1. The molecule has 20 heavy (non-hydrogen) atoms. The van der Waals surface area contributed by atoms with Crippen molar-refractivity contribution in [3.8, 4) is 11.6 Å². The van der Waals surface area contributed by atoms with Gasteiger partial charge in [-0.2, -0.15) is 4.98 Å². The second kappa shape index (κ2) is 5.42. The summed E-state index contributed by atoms with van der Waals surface area (Å²) in [6.45, 7) is 5.30. The van der Waals surface area contributed by atoms with Gasteiger partial charge < -0.3 is 4.74 Å². The van der Waals surface area contributed by atoms with Crippen LogP contribution in [0.2, 0.25) is 5.28 Å². The van der Waals surface area contributed by atoms with Crippen LogP contribution in [0.15, 0.2) is 18.2 Å². The molecule has 0 bridgehead atoms. The van der Waals surface area contributed by atoms with Crippen molar-refractivity contribution in [2.45, 2.75) is 20.8 Å². The van der Waals surface area contributed by atoms with Crippen LogP contribution in [0.1, 0.15) is 16.8 Å². The third kappa shape index (κ3) is 3.03. The molecule has 0 N–H and O–H groups in total. The lowest BCUT2D eigenvalue weighted by molar-refractivity contribution is -0.386. The molecule has 0 amide bonds. The Kier molecular flexibility index (Phi) is 3.85. The zero-order valence-corrected chi connectivity index (χ0v) is 11.9. The number of halogens is 1. The Hall–Kier alpha value is -2.21. The Bertz CT molecular complexity index is 669. The maximum Gasteiger partial charge on any atom is 0.352 e. The van der Waals surface area contributed by atoms with Crippen LogP contribution in [0.4, 0.5) is 5.69 Å². The minimum atomic E-state index is -0.580. The largest absolute Gasteiger partial charge is 0.434 e. The van der Waals surface area contributed by atoms with Gasteiger partial charge in [0.05, 0.1) is 4.92 Å². The number of nitro groups is 1. The van der Waals surface area contributed by atoms with Gasteiger partial charge in [0.2, 0.25) is 5.28 Å². The summed E-state index contributed by atoms with van der Waals surface area (Å²) in [5.74, 6) is 0.317. The van der Waals surface area contributed by atoms with Crippen LogP contribution in [0, 0.1) is 30.9 Å². The van der Waals surface area contributed by atoms with E-state index in [1.807, 2.05) is 19.9 Å². The fraction of sp³-hybridized carbons (Fsp3) is 0.231. The van der Waals surface area contributed by atoms with E-state index in [2.05, 4.69) is 9.97 Å². The standard InChI is InChI=1S/C13H12ClN3O3/c1-7-4-8(2)6-10(5-7)20-12-11(17(18)19)9(3)15-13(14)16-12/h4-6H,1-3H3. The lowest BCUT2D eigenvalue weighted by Gasteiger charge is -2.08. The molecule has 0 fully saturated rings. The van der Waals surface area contributed by atoms with Crippen LogP contribution in [0.5, 0.6) is 11.6 Å². The highest BCUT2D eigenvalue weighted by Crippen LogP contribution is 2.32. The smallest absolute Gasteiger partial charge is 0.352 e. The second-order valence-corrected chi connectivity index (χ2v) is 4.75. The van der Waals surface area contributed by atoms with Crippen LogP contribution >= 0.6 is 11.6 Å². The van der Waals surface area contributed by atoms with E-state index in [0.717, 1.165) is 11.1 Å². The zero-order valence-electron chi connectivity index (χ0n) is 11.2. The SMILES string of the molecule is Cc1cc(C)cc(Oc2nc(Cl)nc(C)c2[N+](=O)[O-])c1. The molecule has 1 heterocycles. The molecule has 0 aliphatic heterocycles. The van der Waals surface area contributed by atoms with E-state index < -0.39 is 4.92 Å². The van der Waals surface area contributed by atoms with E-state index in [-0.39, 0.29) is 22.5 Å². The highest BCUT2D eigenvalue weighted by molar-refractivity contribution is 6.28. The van der Waals surface area contributed by atoms with Gasteiger partial charge in [0, 0.05) is 0 Å².